The smallest absolute Gasteiger partial charge is 0.282 e. The van der Waals surface area contributed by atoms with Crippen LogP contribution in [0.25, 0.3) is 0 Å². The number of rotatable bonds is 5. The summed E-state index contributed by atoms with van der Waals surface area (Å²) in [5, 5.41) is 3.90. The van der Waals surface area contributed by atoms with Crippen LogP contribution in [0.3, 0.4) is 0 Å². The highest BCUT2D eigenvalue weighted by molar-refractivity contribution is 6.30. The maximum absolute atomic E-state index is 12.9. The van der Waals surface area contributed by atoms with Gasteiger partial charge in [0.05, 0.1) is 20.1 Å². The summed E-state index contributed by atoms with van der Waals surface area (Å²) in [4.78, 5) is 12.9. The minimum Gasteiger partial charge on any atom is -0.320 e. The quantitative estimate of drug-likeness (QED) is 0.804. The topological polar surface area (TPSA) is 29.1 Å². The Bertz CT molecular complexity index is 527. The van der Waals surface area contributed by atoms with Gasteiger partial charge in [0.1, 0.15) is 0 Å². The minimum atomic E-state index is 0.0435. The molecule has 1 aliphatic heterocycles. The summed E-state index contributed by atoms with van der Waals surface area (Å²) in [6.07, 6.45) is 4.42. The molecular weight excluding hydrogens is 296 g/mol. The first-order chi connectivity index (χ1) is 10.4. The fourth-order valence-electron chi connectivity index (χ4n) is 3.68. The molecule has 0 spiro atoms. The van der Waals surface area contributed by atoms with E-state index in [1.54, 1.807) is 0 Å². The molecule has 1 atom stereocenters. The fourth-order valence-corrected chi connectivity index (χ4v) is 4.01. The van der Waals surface area contributed by atoms with Gasteiger partial charge < -0.3 is 9.80 Å². The molecule has 0 aliphatic carbocycles. The Balaban J connectivity index is 2.22. The van der Waals surface area contributed by atoms with E-state index in [1.165, 1.54) is 12.8 Å². The average molecular weight is 324 g/mol. The van der Waals surface area contributed by atoms with Crippen LogP contribution in [0.5, 0.6) is 0 Å². The average Bonchev–Trinajstić information content (AvgIpc) is 2.87. The number of likely N-dealkylation sites (tertiary alicyclic amines) is 1. The Kier molecular flexibility index (Phi) is 5.51. The number of quaternary nitrogens is 1. The highest BCUT2D eigenvalue weighted by Gasteiger charge is 2.40. The van der Waals surface area contributed by atoms with E-state index in [1.807, 2.05) is 26.0 Å². The largest absolute Gasteiger partial charge is 0.320 e. The summed E-state index contributed by atoms with van der Waals surface area (Å²) in [5.74, 6) is 0.153. The maximum atomic E-state index is 12.9. The van der Waals surface area contributed by atoms with Gasteiger partial charge in [-0.05, 0) is 43.5 Å². The van der Waals surface area contributed by atoms with Gasteiger partial charge in [-0.15, -0.1) is 0 Å². The Morgan fingerprint density at radius 3 is 2.32 bits per heavy atom. The van der Waals surface area contributed by atoms with Crippen molar-refractivity contribution in [3.8, 4) is 0 Å². The number of amides is 1. The predicted octanol–water partition coefficient (Wildman–Crippen LogP) is 4.30. The molecule has 1 aliphatic rings. The molecule has 1 heterocycles. The summed E-state index contributed by atoms with van der Waals surface area (Å²) in [5.41, 5.74) is 2.97. The van der Waals surface area contributed by atoms with Crippen molar-refractivity contribution >= 4 is 23.2 Å². The zero-order valence-electron chi connectivity index (χ0n) is 14.2. The van der Waals surface area contributed by atoms with Crippen molar-refractivity contribution in [2.45, 2.75) is 52.5 Å². The molecule has 0 bridgehead atoms. The lowest BCUT2D eigenvalue weighted by atomic mass is 10.1. The Labute approximate surface area is 139 Å². The lowest BCUT2D eigenvalue weighted by Crippen LogP contribution is -2.55. The van der Waals surface area contributed by atoms with Crippen LogP contribution in [0.4, 0.5) is 5.69 Å². The molecular formula is C18H28ClN2O+. The molecule has 1 N–H and O–H groups in total. The van der Waals surface area contributed by atoms with Crippen molar-refractivity contribution in [2.24, 2.45) is 0 Å². The van der Waals surface area contributed by atoms with Crippen LogP contribution >= 0.6 is 11.6 Å². The molecule has 0 radical (unpaired) electrons. The van der Waals surface area contributed by atoms with Crippen molar-refractivity contribution < 1.29 is 9.28 Å². The standard InChI is InChI=1S/C18H27ClN2O/c1-5-8-16(21(4)9-6-7-10-21)18(22)20-17-13(2)11-15(19)12-14(17)3/h11-12,16H,5-10H2,1-4H3/p+1. The highest BCUT2D eigenvalue weighted by atomic mass is 35.5. The van der Waals surface area contributed by atoms with Crippen LogP contribution in [-0.4, -0.2) is 36.6 Å². The molecule has 1 aromatic rings. The Morgan fingerprint density at radius 1 is 1.27 bits per heavy atom. The van der Waals surface area contributed by atoms with E-state index >= 15 is 0 Å². The van der Waals surface area contributed by atoms with E-state index in [4.69, 9.17) is 11.6 Å². The van der Waals surface area contributed by atoms with Crippen LogP contribution in [0.15, 0.2) is 12.1 Å². The normalized spacial score (nSPS) is 18.2. The van der Waals surface area contributed by atoms with Gasteiger partial charge in [-0.3, -0.25) is 4.79 Å². The van der Waals surface area contributed by atoms with Gasteiger partial charge >= 0.3 is 0 Å². The third-order valence-corrected chi connectivity index (χ3v) is 5.17. The molecule has 1 amide bonds. The SMILES string of the molecule is CCCC(C(=O)Nc1c(C)cc(Cl)cc1C)[N+]1(C)CCCC1. The zero-order chi connectivity index (χ0) is 16.3. The second-order valence-electron chi connectivity index (χ2n) is 6.84. The molecule has 4 heteroatoms. The van der Waals surface area contributed by atoms with Gasteiger partial charge in [0.15, 0.2) is 6.04 Å². The minimum absolute atomic E-state index is 0.0435. The molecule has 2 rings (SSSR count). The molecule has 122 valence electrons. The number of hydrogen-bond donors (Lipinski definition) is 1. The molecule has 22 heavy (non-hydrogen) atoms. The molecule has 3 nitrogen and oxygen atoms in total. The summed E-state index contributed by atoms with van der Waals surface area (Å²) in [6, 6.07) is 3.86. The Morgan fingerprint density at radius 2 is 1.82 bits per heavy atom. The van der Waals surface area contributed by atoms with E-state index in [0.29, 0.717) is 0 Å². The number of likely N-dealkylation sites (N-methyl/N-ethyl adjacent to an activating group) is 1. The number of hydrogen-bond acceptors (Lipinski definition) is 1. The maximum Gasteiger partial charge on any atom is 0.282 e. The van der Waals surface area contributed by atoms with Crippen LogP contribution in [0.2, 0.25) is 5.02 Å². The van der Waals surface area contributed by atoms with E-state index in [0.717, 1.165) is 52.3 Å². The summed E-state index contributed by atoms with van der Waals surface area (Å²) in [6.45, 7) is 8.36. The molecule has 0 aromatic heterocycles. The van der Waals surface area contributed by atoms with Crippen molar-refractivity contribution in [3.05, 3.63) is 28.3 Å². The second kappa shape index (κ2) is 7.01. The molecule has 1 unspecified atom stereocenters. The van der Waals surface area contributed by atoms with Crippen molar-refractivity contribution in [1.82, 2.24) is 0 Å². The lowest BCUT2D eigenvalue weighted by molar-refractivity contribution is -0.913. The van der Waals surface area contributed by atoms with Gasteiger partial charge in [-0.1, -0.05) is 18.5 Å². The number of carbonyl (C=O) groups excluding carboxylic acids is 1. The predicted molar refractivity (Wildman–Crippen MR) is 93.4 cm³/mol. The summed E-state index contributed by atoms with van der Waals surface area (Å²) >= 11 is 6.08. The molecule has 0 saturated carbocycles. The first-order valence-electron chi connectivity index (χ1n) is 8.29. The highest BCUT2D eigenvalue weighted by Crippen LogP contribution is 2.28. The Hall–Kier alpha value is -1.06. The third kappa shape index (κ3) is 3.64. The third-order valence-electron chi connectivity index (χ3n) is 4.95. The number of nitrogens with zero attached hydrogens (tertiary/aromatic N) is 1. The second-order valence-corrected chi connectivity index (χ2v) is 7.28. The summed E-state index contributed by atoms with van der Waals surface area (Å²) < 4.78 is 0.880. The van der Waals surface area contributed by atoms with Gasteiger partial charge in [-0.2, -0.15) is 0 Å². The van der Waals surface area contributed by atoms with Gasteiger partial charge in [-0.25, -0.2) is 0 Å². The van der Waals surface area contributed by atoms with E-state index in [2.05, 4.69) is 19.3 Å². The molecule has 1 fully saturated rings. The molecule has 1 aromatic carbocycles. The van der Waals surface area contributed by atoms with Gasteiger partial charge in [0.25, 0.3) is 5.91 Å². The number of anilines is 1. The van der Waals surface area contributed by atoms with Crippen LogP contribution in [0.1, 0.15) is 43.7 Å². The van der Waals surface area contributed by atoms with Crippen molar-refractivity contribution in [1.29, 1.82) is 0 Å². The number of aryl methyl sites for hydroxylation is 2. The number of benzene rings is 1. The number of carbonyl (C=O) groups is 1. The van der Waals surface area contributed by atoms with Crippen molar-refractivity contribution in [2.75, 3.05) is 25.5 Å². The van der Waals surface area contributed by atoms with E-state index < -0.39 is 0 Å². The summed E-state index contributed by atoms with van der Waals surface area (Å²) in [7, 11) is 2.23. The monoisotopic (exact) mass is 323 g/mol. The number of nitrogens with one attached hydrogen (secondary N) is 1. The van der Waals surface area contributed by atoms with Gasteiger partial charge in [0.2, 0.25) is 0 Å². The lowest BCUT2D eigenvalue weighted by Gasteiger charge is -2.37. The first kappa shape index (κ1) is 17.3. The van der Waals surface area contributed by atoms with Crippen molar-refractivity contribution in [3.63, 3.8) is 0 Å². The number of halogens is 1. The first-order valence-corrected chi connectivity index (χ1v) is 8.67. The van der Waals surface area contributed by atoms with Crippen LogP contribution in [-0.2, 0) is 4.79 Å². The fraction of sp³-hybridized carbons (Fsp3) is 0.611. The van der Waals surface area contributed by atoms with E-state index in [-0.39, 0.29) is 11.9 Å². The molecule has 1 saturated heterocycles. The van der Waals surface area contributed by atoms with E-state index in [9.17, 15) is 4.79 Å². The van der Waals surface area contributed by atoms with Crippen LogP contribution in [0, 0.1) is 13.8 Å². The van der Waals surface area contributed by atoms with Gasteiger partial charge in [0, 0.05) is 30.0 Å². The zero-order valence-corrected chi connectivity index (χ0v) is 15.0. The van der Waals surface area contributed by atoms with Crippen LogP contribution < -0.4 is 5.32 Å².